The molecule has 3 heteroatoms. The van der Waals surface area contributed by atoms with E-state index in [9.17, 15) is 4.39 Å². The number of hydrogen-bond acceptors (Lipinski definition) is 2. The first-order chi connectivity index (χ1) is 9.65. The topological polar surface area (TPSA) is 12.5 Å². The predicted molar refractivity (Wildman–Crippen MR) is 81.5 cm³/mol. The summed E-state index contributed by atoms with van der Waals surface area (Å²) in [6.45, 7) is 7.08. The number of halogens is 1. The number of benzene rings is 1. The molecule has 1 unspecified atom stereocenters. The second kappa shape index (κ2) is 7.07. The molecule has 0 N–H and O–H groups in total. The van der Waals surface area contributed by atoms with Gasteiger partial charge in [0.25, 0.3) is 0 Å². The molecule has 1 saturated heterocycles. The SMILES string of the molecule is COc1c(C)cc(C2CCCN(CCCF)C2)cc1C. The van der Waals surface area contributed by atoms with Crippen LogP contribution in [0.5, 0.6) is 5.75 Å². The predicted octanol–water partition coefficient (Wildman–Crippen LogP) is 3.85. The summed E-state index contributed by atoms with van der Waals surface area (Å²) in [5, 5.41) is 0. The monoisotopic (exact) mass is 279 g/mol. The lowest BCUT2D eigenvalue weighted by Crippen LogP contribution is -2.35. The average Bonchev–Trinajstić information content (AvgIpc) is 2.45. The minimum absolute atomic E-state index is 0.206. The lowest BCUT2D eigenvalue weighted by atomic mass is 9.88. The van der Waals surface area contributed by atoms with Crippen LogP contribution in [0.2, 0.25) is 0 Å². The fourth-order valence-electron chi connectivity index (χ4n) is 3.36. The summed E-state index contributed by atoms with van der Waals surface area (Å²) in [6, 6.07) is 4.52. The molecule has 1 fully saturated rings. The van der Waals surface area contributed by atoms with Gasteiger partial charge >= 0.3 is 0 Å². The molecule has 112 valence electrons. The molecule has 1 aliphatic rings. The van der Waals surface area contributed by atoms with Gasteiger partial charge in [0.05, 0.1) is 13.8 Å². The van der Waals surface area contributed by atoms with Crippen LogP contribution >= 0.6 is 0 Å². The van der Waals surface area contributed by atoms with E-state index in [0.29, 0.717) is 12.3 Å². The highest BCUT2D eigenvalue weighted by molar-refractivity contribution is 5.44. The van der Waals surface area contributed by atoms with Gasteiger partial charge in [0.2, 0.25) is 0 Å². The summed E-state index contributed by atoms with van der Waals surface area (Å²) in [4.78, 5) is 2.41. The van der Waals surface area contributed by atoms with Gasteiger partial charge in [0, 0.05) is 13.1 Å². The zero-order valence-corrected chi connectivity index (χ0v) is 12.9. The van der Waals surface area contributed by atoms with Gasteiger partial charge in [-0.1, -0.05) is 12.1 Å². The normalized spacial score (nSPS) is 20.1. The number of hydrogen-bond donors (Lipinski definition) is 0. The highest BCUT2D eigenvalue weighted by Crippen LogP contribution is 2.32. The molecule has 0 aromatic heterocycles. The summed E-state index contributed by atoms with van der Waals surface area (Å²) < 4.78 is 17.8. The first-order valence-electron chi connectivity index (χ1n) is 7.59. The lowest BCUT2D eigenvalue weighted by Gasteiger charge is -2.33. The van der Waals surface area contributed by atoms with Crippen molar-refractivity contribution in [2.24, 2.45) is 0 Å². The first kappa shape index (κ1) is 15.3. The van der Waals surface area contributed by atoms with Gasteiger partial charge in [0.1, 0.15) is 5.75 Å². The molecule has 0 spiro atoms. The zero-order valence-electron chi connectivity index (χ0n) is 12.9. The van der Waals surface area contributed by atoms with Crippen LogP contribution in [0.4, 0.5) is 4.39 Å². The molecule has 1 atom stereocenters. The first-order valence-corrected chi connectivity index (χ1v) is 7.59. The molecule has 0 bridgehead atoms. The van der Waals surface area contributed by atoms with Crippen molar-refractivity contribution in [3.63, 3.8) is 0 Å². The molecular formula is C17H26FNO. The smallest absolute Gasteiger partial charge is 0.124 e. The minimum Gasteiger partial charge on any atom is -0.496 e. The molecule has 0 aliphatic carbocycles. The Balaban J connectivity index is 2.10. The van der Waals surface area contributed by atoms with Crippen LogP contribution < -0.4 is 4.74 Å². The molecule has 0 saturated carbocycles. The molecule has 1 aromatic carbocycles. The van der Waals surface area contributed by atoms with Crippen LogP contribution in [0, 0.1) is 13.8 Å². The highest BCUT2D eigenvalue weighted by Gasteiger charge is 2.22. The van der Waals surface area contributed by atoms with Crippen LogP contribution in [0.25, 0.3) is 0 Å². The number of likely N-dealkylation sites (tertiary alicyclic amines) is 1. The van der Waals surface area contributed by atoms with Crippen molar-refractivity contribution >= 4 is 0 Å². The summed E-state index contributed by atoms with van der Waals surface area (Å²) in [6.07, 6.45) is 3.10. The lowest BCUT2D eigenvalue weighted by molar-refractivity contribution is 0.200. The van der Waals surface area contributed by atoms with Crippen molar-refractivity contribution in [3.05, 3.63) is 28.8 Å². The third-order valence-electron chi connectivity index (χ3n) is 4.27. The molecule has 0 amide bonds. The standard InChI is InChI=1S/C17H26FNO/c1-13-10-16(11-14(2)17(13)20-3)15-6-4-8-19(12-15)9-5-7-18/h10-11,15H,4-9,12H2,1-3H3. The third kappa shape index (κ3) is 3.51. The Kier molecular flexibility index (Phi) is 5.41. The van der Waals surface area contributed by atoms with E-state index in [4.69, 9.17) is 4.74 Å². The van der Waals surface area contributed by atoms with Crippen molar-refractivity contribution in [3.8, 4) is 5.75 Å². The van der Waals surface area contributed by atoms with E-state index >= 15 is 0 Å². The van der Waals surface area contributed by atoms with E-state index in [2.05, 4.69) is 30.9 Å². The average molecular weight is 279 g/mol. The summed E-state index contributed by atoms with van der Waals surface area (Å²) in [7, 11) is 1.73. The van der Waals surface area contributed by atoms with Crippen LogP contribution in [-0.4, -0.2) is 38.3 Å². The van der Waals surface area contributed by atoms with Gasteiger partial charge in [-0.15, -0.1) is 0 Å². The van der Waals surface area contributed by atoms with Gasteiger partial charge in [-0.2, -0.15) is 0 Å². The maximum atomic E-state index is 12.3. The largest absolute Gasteiger partial charge is 0.496 e. The fourth-order valence-corrected chi connectivity index (χ4v) is 3.36. The van der Waals surface area contributed by atoms with Gasteiger partial charge < -0.3 is 9.64 Å². The Labute approximate surface area is 121 Å². The quantitative estimate of drug-likeness (QED) is 0.811. The Morgan fingerprint density at radius 1 is 1.30 bits per heavy atom. The Morgan fingerprint density at radius 3 is 2.60 bits per heavy atom. The van der Waals surface area contributed by atoms with E-state index in [1.165, 1.54) is 29.5 Å². The molecular weight excluding hydrogens is 253 g/mol. The molecule has 0 radical (unpaired) electrons. The van der Waals surface area contributed by atoms with Crippen molar-refractivity contribution in [2.75, 3.05) is 33.4 Å². The van der Waals surface area contributed by atoms with Crippen LogP contribution in [-0.2, 0) is 0 Å². The molecule has 1 heterocycles. The number of ether oxygens (including phenoxy) is 1. The maximum absolute atomic E-state index is 12.3. The van der Waals surface area contributed by atoms with Crippen LogP contribution in [0.15, 0.2) is 12.1 Å². The summed E-state index contributed by atoms with van der Waals surface area (Å²) in [5.41, 5.74) is 3.83. The number of nitrogens with zero attached hydrogens (tertiary/aromatic N) is 1. The van der Waals surface area contributed by atoms with Crippen LogP contribution in [0.3, 0.4) is 0 Å². The fraction of sp³-hybridized carbons (Fsp3) is 0.647. The van der Waals surface area contributed by atoms with Crippen LogP contribution in [0.1, 0.15) is 41.9 Å². The van der Waals surface area contributed by atoms with Gasteiger partial charge in [-0.25, -0.2) is 0 Å². The minimum atomic E-state index is -0.206. The molecule has 2 rings (SSSR count). The van der Waals surface area contributed by atoms with Gasteiger partial charge in [-0.3, -0.25) is 4.39 Å². The summed E-state index contributed by atoms with van der Waals surface area (Å²) >= 11 is 0. The van der Waals surface area contributed by atoms with E-state index in [0.717, 1.165) is 25.4 Å². The summed E-state index contributed by atoms with van der Waals surface area (Å²) in [5.74, 6) is 1.57. The van der Waals surface area contributed by atoms with Crippen molar-refractivity contribution in [1.29, 1.82) is 0 Å². The highest BCUT2D eigenvalue weighted by atomic mass is 19.1. The van der Waals surface area contributed by atoms with E-state index in [-0.39, 0.29) is 6.67 Å². The second-order valence-electron chi connectivity index (χ2n) is 5.87. The van der Waals surface area contributed by atoms with E-state index in [1.807, 2.05) is 0 Å². The number of rotatable bonds is 5. The van der Waals surface area contributed by atoms with E-state index < -0.39 is 0 Å². The Hall–Kier alpha value is -1.09. The molecule has 1 aromatic rings. The number of aryl methyl sites for hydroxylation is 2. The second-order valence-corrected chi connectivity index (χ2v) is 5.87. The Morgan fingerprint density at radius 2 is 2.00 bits per heavy atom. The number of alkyl halides is 1. The molecule has 1 aliphatic heterocycles. The van der Waals surface area contributed by atoms with Crippen molar-refractivity contribution in [2.45, 2.75) is 39.0 Å². The molecule has 2 nitrogen and oxygen atoms in total. The number of methoxy groups -OCH3 is 1. The van der Waals surface area contributed by atoms with E-state index in [1.54, 1.807) is 7.11 Å². The van der Waals surface area contributed by atoms with Crippen molar-refractivity contribution < 1.29 is 9.13 Å². The number of piperidine rings is 1. The van der Waals surface area contributed by atoms with Crippen molar-refractivity contribution in [1.82, 2.24) is 4.90 Å². The third-order valence-corrected chi connectivity index (χ3v) is 4.27. The molecule has 20 heavy (non-hydrogen) atoms. The van der Waals surface area contributed by atoms with Gasteiger partial charge in [0.15, 0.2) is 0 Å². The van der Waals surface area contributed by atoms with Gasteiger partial charge in [-0.05, 0) is 62.3 Å². The zero-order chi connectivity index (χ0) is 14.5. The Bertz CT molecular complexity index is 424. The maximum Gasteiger partial charge on any atom is 0.124 e.